The summed E-state index contributed by atoms with van der Waals surface area (Å²) in [7, 11) is 0. The third kappa shape index (κ3) is 9.26. The molecule has 0 aliphatic rings. The van der Waals surface area contributed by atoms with Gasteiger partial charge in [0.2, 0.25) is 0 Å². The van der Waals surface area contributed by atoms with Gasteiger partial charge in [0.1, 0.15) is 18.6 Å². The number of rotatable bonds is 6. The molecule has 0 aromatic carbocycles. The minimum Gasteiger partial charge on any atom is -0.509 e. The van der Waals surface area contributed by atoms with Crippen LogP contribution in [-0.2, 0) is 9.47 Å². The molecule has 0 heterocycles. The van der Waals surface area contributed by atoms with Crippen molar-refractivity contribution in [3.8, 4) is 0 Å². The highest BCUT2D eigenvalue weighted by Crippen LogP contribution is 1.87. The van der Waals surface area contributed by atoms with Gasteiger partial charge in [-0.2, -0.15) is 0 Å². The van der Waals surface area contributed by atoms with Gasteiger partial charge in [-0.3, -0.25) is 0 Å². The van der Waals surface area contributed by atoms with Crippen LogP contribution in [-0.4, -0.2) is 36.1 Å². The summed E-state index contributed by atoms with van der Waals surface area (Å²) in [5.41, 5.74) is 0. The first-order chi connectivity index (χ1) is 5.63. The number of hydrogen-bond donors (Lipinski definition) is 2. The molecule has 2 N–H and O–H groups in total. The highest BCUT2D eigenvalue weighted by Gasteiger charge is 1.93. The second-order valence-corrected chi connectivity index (χ2v) is 2.55. The molecule has 0 amide bonds. The lowest BCUT2D eigenvalue weighted by molar-refractivity contribution is 0.0255. The highest BCUT2D eigenvalue weighted by atomic mass is 16.5. The van der Waals surface area contributed by atoms with E-state index < -0.39 is 6.10 Å². The van der Waals surface area contributed by atoms with E-state index in [0.717, 1.165) is 0 Å². The van der Waals surface area contributed by atoms with Gasteiger partial charge in [-0.25, -0.2) is 0 Å². The predicted molar refractivity (Wildman–Crippen MR) is 44.8 cm³/mol. The van der Waals surface area contributed by atoms with Crippen molar-refractivity contribution < 1.29 is 19.7 Å². The van der Waals surface area contributed by atoms with Gasteiger partial charge in [0.25, 0.3) is 0 Å². The normalized spacial score (nSPS) is 14.4. The van der Waals surface area contributed by atoms with Crippen molar-refractivity contribution in [3.63, 3.8) is 0 Å². The zero-order valence-electron chi connectivity index (χ0n) is 7.49. The zero-order valence-corrected chi connectivity index (χ0v) is 7.49. The smallest absolute Gasteiger partial charge is 0.123 e. The summed E-state index contributed by atoms with van der Waals surface area (Å²) in [5.74, 6) is 0.130. The van der Waals surface area contributed by atoms with E-state index in [1.165, 1.54) is 13.2 Å². The Labute approximate surface area is 72.4 Å². The first-order valence-electron chi connectivity index (χ1n) is 3.86. The quantitative estimate of drug-likeness (QED) is 0.464. The van der Waals surface area contributed by atoms with Crippen molar-refractivity contribution in [2.45, 2.75) is 20.0 Å². The van der Waals surface area contributed by atoms with Gasteiger partial charge >= 0.3 is 0 Å². The van der Waals surface area contributed by atoms with Crippen LogP contribution < -0.4 is 0 Å². The van der Waals surface area contributed by atoms with Crippen LogP contribution >= 0.6 is 0 Å². The molecule has 0 radical (unpaired) electrons. The lowest BCUT2D eigenvalue weighted by Gasteiger charge is -2.05. The van der Waals surface area contributed by atoms with Crippen LogP contribution in [0.3, 0.4) is 0 Å². The molecule has 0 aliphatic heterocycles. The molecule has 0 saturated carbocycles. The minimum absolute atomic E-state index is 0.130. The Kier molecular flexibility index (Phi) is 6.51. The van der Waals surface area contributed by atoms with Crippen LogP contribution in [0.1, 0.15) is 13.8 Å². The molecule has 0 spiro atoms. The third-order valence-corrected chi connectivity index (χ3v) is 0.958. The maximum atomic E-state index is 8.78. The molecule has 1 unspecified atom stereocenters. The Morgan fingerprint density at radius 1 is 1.50 bits per heavy atom. The van der Waals surface area contributed by atoms with E-state index in [-0.39, 0.29) is 5.76 Å². The van der Waals surface area contributed by atoms with Crippen molar-refractivity contribution in [1.29, 1.82) is 0 Å². The molecule has 4 heteroatoms. The number of aliphatic hydroxyl groups excluding tert-OH is 2. The Bertz CT molecular complexity index is 127. The van der Waals surface area contributed by atoms with Gasteiger partial charge in [-0.15, -0.1) is 0 Å². The standard InChI is InChI=1S/C8H16O4/c1-7(9)5-11-3-4-12-6-8(2)10/h5,8-10H,3-4,6H2,1-2H3/b7-5-. The van der Waals surface area contributed by atoms with E-state index in [4.69, 9.17) is 19.7 Å². The molecule has 12 heavy (non-hydrogen) atoms. The number of aliphatic hydroxyl groups is 2. The van der Waals surface area contributed by atoms with E-state index in [1.54, 1.807) is 6.92 Å². The van der Waals surface area contributed by atoms with Gasteiger partial charge in [0.05, 0.1) is 19.3 Å². The zero-order chi connectivity index (χ0) is 9.40. The molecule has 0 saturated heterocycles. The van der Waals surface area contributed by atoms with E-state index in [9.17, 15) is 0 Å². The monoisotopic (exact) mass is 176 g/mol. The lowest BCUT2D eigenvalue weighted by atomic mass is 10.4. The van der Waals surface area contributed by atoms with Crippen LogP contribution in [0.4, 0.5) is 0 Å². The summed E-state index contributed by atoms with van der Waals surface area (Å²) in [6.07, 6.45) is 0.811. The van der Waals surface area contributed by atoms with Gasteiger partial charge in [0.15, 0.2) is 0 Å². The molecule has 0 fully saturated rings. The fourth-order valence-electron chi connectivity index (χ4n) is 0.540. The van der Waals surface area contributed by atoms with Gasteiger partial charge in [-0.1, -0.05) is 0 Å². The van der Waals surface area contributed by atoms with Crippen molar-refractivity contribution in [3.05, 3.63) is 12.0 Å². The summed E-state index contributed by atoms with van der Waals surface area (Å²) in [6, 6.07) is 0. The van der Waals surface area contributed by atoms with Crippen LogP contribution in [0, 0.1) is 0 Å². The number of hydrogen-bond acceptors (Lipinski definition) is 4. The second kappa shape index (κ2) is 6.94. The van der Waals surface area contributed by atoms with Gasteiger partial charge in [-0.05, 0) is 13.8 Å². The SMILES string of the molecule is C/C(O)=C/OCCOCC(C)O. The lowest BCUT2D eigenvalue weighted by Crippen LogP contribution is -2.12. The predicted octanol–water partition coefficient (Wildman–Crippen LogP) is 0.820. The number of ether oxygens (including phenoxy) is 2. The average molecular weight is 176 g/mol. The summed E-state index contributed by atoms with van der Waals surface area (Å²) < 4.78 is 9.85. The van der Waals surface area contributed by atoms with Crippen LogP contribution in [0.25, 0.3) is 0 Å². The molecule has 72 valence electrons. The Morgan fingerprint density at radius 3 is 2.67 bits per heavy atom. The highest BCUT2D eigenvalue weighted by molar-refractivity contribution is 4.76. The molecular weight excluding hydrogens is 160 g/mol. The molecule has 0 aliphatic carbocycles. The molecule has 0 bridgehead atoms. The van der Waals surface area contributed by atoms with E-state index >= 15 is 0 Å². The van der Waals surface area contributed by atoms with Crippen molar-refractivity contribution in [1.82, 2.24) is 0 Å². The molecular formula is C8H16O4. The van der Waals surface area contributed by atoms with E-state index in [1.807, 2.05) is 0 Å². The number of allylic oxidation sites excluding steroid dienone is 1. The fraction of sp³-hybridized carbons (Fsp3) is 0.750. The Morgan fingerprint density at radius 2 is 2.17 bits per heavy atom. The van der Waals surface area contributed by atoms with Crippen LogP contribution in [0.5, 0.6) is 0 Å². The summed E-state index contributed by atoms with van der Waals surface area (Å²) in [6.45, 7) is 4.28. The molecule has 0 aromatic rings. The summed E-state index contributed by atoms with van der Waals surface area (Å²) in [4.78, 5) is 0. The fourth-order valence-corrected chi connectivity index (χ4v) is 0.540. The van der Waals surface area contributed by atoms with Gasteiger partial charge in [0, 0.05) is 0 Å². The first-order valence-corrected chi connectivity index (χ1v) is 3.86. The van der Waals surface area contributed by atoms with Crippen molar-refractivity contribution >= 4 is 0 Å². The third-order valence-electron chi connectivity index (χ3n) is 0.958. The van der Waals surface area contributed by atoms with Crippen molar-refractivity contribution in [2.24, 2.45) is 0 Å². The second-order valence-electron chi connectivity index (χ2n) is 2.55. The summed E-state index contributed by atoms with van der Waals surface area (Å²) >= 11 is 0. The van der Waals surface area contributed by atoms with E-state index in [0.29, 0.717) is 19.8 Å². The largest absolute Gasteiger partial charge is 0.509 e. The molecule has 4 nitrogen and oxygen atoms in total. The Hall–Kier alpha value is -0.740. The Balaban J connectivity index is 3.06. The van der Waals surface area contributed by atoms with Crippen LogP contribution in [0.2, 0.25) is 0 Å². The van der Waals surface area contributed by atoms with E-state index in [2.05, 4.69) is 0 Å². The molecule has 0 aromatic heterocycles. The molecule has 0 rings (SSSR count). The topological polar surface area (TPSA) is 58.9 Å². The van der Waals surface area contributed by atoms with Crippen LogP contribution in [0.15, 0.2) is 12.0 Å². The van der Waals surface area contributed by atoms with Gasteiger partial charge < -0.3 is 19.7 Å². The molecule has 1 atom stereocenters. The minimum atomic E-state index is -0.444. The average Bonchev–Trinajstić information content (AvgIpc) is 1.95. The maximum Gasteiger partial charge on any atom is 0.123 e. The maximum absolute atomic E-state index is 8.78. The first kappa shape index (κ1) is 11.3. The summed E-state index contributed by atoms with van der Waals surface area (Å²) in [5, 5.41) is 17.4. The van der Waals surface area contributed by atoms with Crippen molar-refractivity contribution in [2.75, 3.05) is 19.8 Å².